The Morgan fingerprint density at radius 3 is 2.77 bits per heavy atom. The van der Waals surface area contributed by atoms with Gasteiger partial charge in [0.1, 0.15) is 11.3 Å². The molecule has 0 aliphatic heterocycles. The van der Waals surface area contributed by atoms with Gasteiger partial charge in [0, 0.05) is 29.7 Å². The SMILES string of the molecule is COc1cccc(NC(=O)CSc2nnc3c4cc(-c5ccccc5)nn4ccn23)c1. The summed E-state index contributed by atoms with van der Waals surface area (Å²) in [6, 6.07) is 19.2. The summed E-state index contributed by atoms with van der Waals surface area (Å²) in [5.41, 5.74) is 4.12. The first-order valence-corrected chi connectivity index (χ1v) is 10.5. The summed E-state index contributed by atoms with van der Waals surface area (Å²) in [5.74, 6) is 0.762. The molecule has 1 amide bonds. The van der Waals surface area contributed by atoms with E-state index >= 15 is 0 Å². The second-order valence-electron chi connectivity index (χ2n) is 6.77. The normalized spacial score (nSPS) is 11.1. The number of amides is 1. The third kappa shape index (κ3) is 3.82. The van der Waals surface area contributed by atoms with Crippen molar-refractivity contribution in [3.05, 3.63) is 73.1 Å². The molecule has 5 rings (SSSR count). The van der Waals surface area contributed by atoms with E-state index in [1.807, 2.05) is 71.4 Å². The van der Waals surface area contributed by atoms with Gasteiger partial charge in [0.15, 0.2) is 10.8 Å². The largest absolute Gasteiger partial charge is 0.497 e. The van der Waals surface area contributed by atoms with Gasteiger partial charge in [-0.05, 0) is 18.2 Å². The average molecular weight is 430 g/mol. The number of hydrogen-bond acceptors (Lipinski definition) is 6. The maximum atomic E-state index is 12.4. The molecule has 0 bridgehead atoms. The van der Waals surface area contributed by atoms with Gasteiger partial charge in [-0.1, -0.05) is 48.2 Å². The molecule has 0 fully saturated rings. The number of methoxy groups -OCH3 is 1. The second-order valence-corrected chi connectivity index (χ2v) is 7.71. The number of anilines is 1. The third-order valence-corrected chi connectivity index (χ3v) is 5.68. The molecule has 0 aliphatic rings. The molecule has 0 unspecified atom stereocenters. The van der Waals surface area contributed by atoms with E-state index in [1.54, 1.807) is 17.7 Å². The lowest BCUT2D eigenvalue weighted by Crippen LogP contribution is -2.14. The molecule has 5 aromatic rings. The molecule has 8 nitrogen and oxygen atoms in total. The summed E-state index contributed by atoms with van der Waals surface area (Å²) in [5, 5.41) is 16.7. The van der Waals surface area contributed by atoms with Crippen LogP contribution in [0.25, 0.3) is 22.4 Å². The lowest BCUT2D eigenvalue weighted by Gasteiger charge is -2.06. The Balaban J connectivity index is 1.35. The van der Waals surface area contributed by atoms with Crippen molar-refractivity contribution in [1.29, 1.82) is 0 Å². The molecule has 3 aromatic heterocycles. The highest BCUT2D eigenvalue weighted by Gasteiger charge is 2.14. The Bertz CT molecular complexity index is 1380. The van der Waals surface area contributed by atoms with Gasteiger partial charge >= 0.3 is 0 Å². The van der Waals surface area contributed by atoms with Crippen molar-refractivity contribution in [2.45, 2.75) is 5.16 Å². The highest BCUT2D eigenvalue weighted by molar-refractivity contribution is 7.99. The average Bonchev–Trinajstić information content (AvgIpc) is 3.42. The molecule has 2 aromatic carbocycles. The van der Waals surface area contributed by atoms with Crippen molar-refractivity contribution in [1.82, 2.24) is 24.2 Å². The van der Waals surface area contributed by atoms with Gasteiger partial charge in [-0.2, -0.15) is 5.10 Å². The minimum Gasteiger partial charge on any atom is -0.497 e. The van der Waals surface area contributed by atoms with Gasteiger partial charge in [-0.3, -0.25) is 9.20 Å². The number of fused-ring (bicyclic) bond motifs is 3. The molecule has 9 heteroatoms. The molecular weight excluding hydrogens is 412 g/mol. The first-order chi connectivity index (χ1) is 15.2. The van der Waals surface area contributed by atoms with E-state index in [0.29, 0.717) is 22.2 Å². The molecule has 31 heavy (non-hydrogen) atoms. The van der Waals surface area contributed by atoms with E-state index in [0.717, 1.165) is 16.8 Å². The van der Waals surface area contributed by atoms with E-state index < -0.39 is 0 Å². The van der Waals surface area contributed by atoms with Crippen LogP contribution in [0.1, 0.15) is 0 Å². The van der Waals surface area contributed by atoms with Gasteiger partial charge in [0.2, 0.25) is 5.91 Å². The highest BCUT2D eigenvalue weighted by atomic mass is 32.2. The summed E-state index contributed by atoms with van der Waals surface area (Å²) in [6.07, 6.45) is 3.71. The van der Waals surface area contributed by atoms with E-state index in [-0.39, 0.29) is 11.7 Å². The number of thioether (sulfide) groups is 1. The van der Waals surface area contributed by atoms with Crippen molar-refractivity contribution in [2.24, 2.45) is 0 Å². The van der Waals surface area contributed by atoms with E-state index in [1.165, 1.54) is 11.8 Å². The summed E-state index contributed by atoms with van der Waals surface area (Å²) >= 11 is 1.32. The zero-order chi connectivity index (χ0) is 21.2. The van der Waals surface area contributed by atoms with E-state index in [9.17, 15) is 4.79 Å². The Morgan fingerprint density at radius 1 is 1.06 bits per heavy atom. The van der Waals surface area contributed by atoms with Crippen LogP contribution in [0.4, 0.5) is 5.69 Å². The minimum atomic E-state index is -0.133. The number of carbonyl (C=O) groups excluding carboxylic acids is 1. The van der Waals surface area contributed by atoms with Crippen molar-refractivity contribution in [2.75, 3.05) is 18.2 Å². The summed E-state index contributed by atoms with van der Waals surface area (Å²) in [6.45, 7) is 0. The lowest BCUT2D eigenvalue weighted by molar-refractivity contribution is -0.113. The van der Waals surface area contributed by atoms with Crippen molar-refractivity contribution >= 4 is 34.5 Å². The quantitative estimate of drug-likeness (QED) is 0.413. The van der Waals surface area contributed by atoms with E-state index in [2.05, 4.69) is 20.6 Å². The molecule has 0 spiro atoms. The van der Waals surface area contributed by atoms with Crippen LogP contribution in [0.2, 0.25) is 0 Å². The number of nitrogens with zero attached hydrogens (tertiary/aromatic N) is 5. The molecule has 154 valence electrons. The summed E-state index contributed by atoms with van der Waals surface area (Å²) < 4.78 is 8.84. The third-order valence-electron chi connectivity index (χ3n) is 4.74. The molecule has 1 N–H and O–H groups in total. The molecule has 0 saturated heterocycles. The van der Waals surface area contributed by atoms with Crippen LogP contribution in [0.3, 0.4) is 0 Å². The maximum absolute atomic E-state index is 12.4. The number of carbonyl (C=O) groups is 1. The summed E-state index contributed by atoms with van der Waals surface area (Å²) in [4.78, 5) is 12.4. The fraction of sp³-hybridized carbons (Fsp3) is 0.0909. The first kappa shape index (κ1) is 19.1. The fourth-order valence-corrected chi connectivity index (χ4v) is 3.98. The number of benzene rings is 2. The number of nitrogens with one attached hydrogen (secondary N) is 1. The minimum absolute atomic E-state index is 0.133. The second kappa shape index (κ2) is 8.11. The van der Waals surface area contributed by atoms with Crippen molar-refractivity contribution in [3.63, 3.8) is 0 Å². The Morgan fingerprint density at radius 2 is 1.94 bits per heavy atom. The van der Waals surface area contributed by atoms with Gasteiger partial charge in [-0.25, -0.2) is 4.52 Å². The topological polar surface area (TPSA) is 85.8 Å². The predicted molar refractivity (Wildman–Crippen MR) is 120 cm³/mol. The molecule has 0 aliphatic carbocycles. The zero-order valence-corrected chi connectivity index (χ0v) is 17.4. The smallest absolute Gasteiger partial charge is 0.234 e. The lowest BCUT2D eigenvalue weighted by atomic mass is 10.1. The van der Waals surface area contributed by atoms with Gasteiger partial charge in [-0.15, -0.1) is 10.2 Å². The maximum Gasteiger partial charge on any atom is 0.234 e. The molecule has 0 radical (unpaired) electrons. The van der Waals surface area contributed by atoms with Gasteiger partial charge in [0.25, 0.3) is 0 Å². The van der Waals surface area contributed by atoms with Gasteiger partial charge in [0.05, 0.1) is 18.6 Å². The zero-order valence-electron chi connectivity index (χ0n) is 16.6. The Kier molecular flexibility index (Phi) is 5.01. The number of ether oxygens (including phenoxy) is 1. The monoisotopic (exact) mass is 430 g/mol. The predicted octanol–water partition coefficient (Wildman–Crippen LogP) is 3.78. The van der Waals surface area contributed by atoms with Crippen LogP contribution in [-0.4, -0.2) is 43.0 Å². The van der Waals surface area contributed by atoms with Crippen LogP contribution in [0, 0.1) is 0 Å². The van der Waals surface area contributed by atoms with Crippen LogP contribution in [0.15, 0.2) is 78.2 Å². The van der Waals surface area contributed by atoms with Crippen molar-refractivity contribution in [3.8, 4) is 17.0 Å². The van der Waals surface area contributed by atoms with Crippen LogP contribution in [-0.2, 0) is 4.79 Å². The molecule has 3 heterocycles. The molecular formula is C22H18N6O2S. The molecule has 0 atom stereocenters. The summed E-state index contributed by atoms with van der Waals surface area (Å²) in [7, 11) is 1.59. The number of rotatable bonds is 6. The fourth-order valence-electron chi connectivity index (χ4n) is 3.27. The molecule has 0 saturated carbocycles. The van der Waals surface area contributed by atoms with Crippen LogP contribution in [0.5, 0.6) is 5.75 Å². The highest BCUT2D eigenvalue weighted by Crippen LogP contribution is 2.24. The van der Waals surface area contributed by atoms with Crippen LogP contribution < -0.4 is 10.1 Å². The van der Waals surface area contributed by atoms with Crippen molar-refractivity contribution < 1.29 is 9.53 Å². The Labute approximate surface area is 181 Å². The van der Waals surface area contributed by atoms with Gasteiger partial charge < -0.3 is 10.1 Å². The number of aromatic nitrogens is 5. The van der Waals surface area contributed by atoms with E-state index in [4.69, 9.17) is 4.74 Å². The van der Waals surface area contributed by atoms with Crippen LogP contribution >= 0.6 is 11.8 Å². The Hall–Kier alpha value is -3.85. The standard InChI is InChI=1S/C22H18N6O2S/c1-30-17-9-5-8-16(12-17)23-20(29)14-31-22-25-24-21-19-13-18(15-6-3-2-4-7-15)26-28(19)11-10-27(21)22/h2-13H,14H2,1H3,(H,23,29). The first-order valence-electron chi connectivity index (χ1n) is 9.56. The number of hydrogen-bond donors (Lipinski definition) is 1.